The minimum absolute atomic E-state index is 0.0918. The quantitative estimate of drug-likeness (QED) is 0.801. The monoisotopic (exact) mass is 311 g/mol. The Kier molecular flexibility index (Phi) is 6.14. The first kappa shape index (κ1) is 16.4. The van der Waals surface area contributed by atoms with Crippen LogP contribution in [0.4, 0.5) is 0 Å². The topological polar surface area (TPSA) is 45.7 Å². The van der Waals surface area contributed by atoms with Crippen molar-refractivity contribution in [2.24, 2.45) is 5.92 Å². The summed E-state index contributed by atoms with van der Waals surface area (Å²) in [5.41, 5.74) is 0. The molecule has 1 amide bonds. The van der Waals surface area contributed by atoms with Gasteiger partial charge >= 0.3 is 0 Å². The normalized spacial score (nSPS) is 16.7. The van der Waals surface area contributed by atoms with E-state index in [0.29, 0.717) is 5.92 Å². The summed E-state index contributed by atoms with van der Waals surface area (Å²) in [5.74, 6) is 0.744. The van der Waals surface area contributed by atoms with Crippen molar-refractivity contribution in [3.63, 3.8) is 0 Å². The second-order valence-corrected chi connectivity index (χ2v) is 7.11. The molecule has 0 saturated carbocycles. The molecule has 0 N–H and O–H groups in total. The Morgan fingerprint density at radius 2 is 2.10 bits per heavy atom. The highest BCUT2D eigenvalue weighted by molar-refractivity contribution is 7.11. The van der Waals surface area contributed by atoms with Crippen LogP contribution >= 0.6 is 11.3 Å². The third-order valence-corrected chi connectivity index (χ3v) is 4.56. The Hall–Kier alpha value is -0.980. The third-order valence-electron chi connectivity index (χ3n) is 3.56. The largest absolute Gasteiger partial charge is 0.375 e. The molecule has 0 bridgehead atoms. The van der Waals surface area contributed by atoms with Crippen LogP contribution < -0.4 is 0 Å². The van der Waals surface area contributed by atoms with Crippen LogP contribution in [0.5, 0.6) is 0 Å². The SMILES string of the molecule is COCC(=O)N1CCN(Cc2cnc(CC(C)C)s2)CC1. The van der Waals surface area contributed by atoms with E-state index >= 15 is 0 Å². The van der Waals surface area contributed by atoms with E-state index in [-0.39, 0.29) is 12.5 Å². The summed E-state index contributed by atoms with van der Waals surface area (Å²) < 4.78 is 4.90. The van der Waals surface area contributed by atoms with Gasteiger partial charge in [-0.25, -0.2) is 4.98 Å². The van der Waals surface area contributed by atoms with Crippen molar-refractivity contribution < 1.29 is 9.53 Å². The highest BCUT2D eigenvalue weighted by Gasteiger charge is 2.21. The van der Waals surface area contributed by atoms with Crippen LogP contribution in [0.1, 0.15) is 23.7 Å². The van der Waals surface area contributed by atoms with Crippen LogP contribution in [0.3, 0.4) is 0 Å². The maximum absolute atomic E-state index is 11.7. The lowest BCUT2D eigenvalue weighted by Crippen LogP contribution is -2.49. The minimum Gasteiger partial charge on any atom is -0.375 e. The molecule has 6 heteroatoms. The fourth-order valence-electron chi connectivity index (χ4n) is 2.46. The number of carbonyl (C=O) groups excluding carboxylic acids is 1. The van der Waals surface area contributed by atoms with Crippen molar-refractivity contribution >= 4 is 17.2 Å². The number of amides is 1. The van der Waals surface area contributed by atoms with Gasteiger partial charge in [0.1, 0.15) is 6.61 Å². The number of thiazole rings is 1. The van der Waals surface area contributed by atoms with Gasteiger partial charge < -0.3 is 9.64 Å². The lowest BCUT2D eigenvalue weighted by Gasteiger charge is -2.34. The van der Waals surface area contributed by atoms with E-state index in [9.17, 15) is 4.79 Å². The van der Waals surface area contributed by atoms with Gasteiger partial charge in [-0.15, -0.1) is 11.3 Å². The van der Waals surface area contributed by atoms with Crippen LogP contribution in [0.2, 0.25) is 0 Å². The lowest BCUT2D eigenvalue weighted by molar-refractivity contribution is -0.136. The molecule has 1 aliphatic rings. The summed E-state index contributed by atoms with van der Waals surface area (Å²) in [6, 6.07) is 0. The number of hydrogen-bond acceptors (Lipinski definition) is 5. The third kappa shape index (κ3) is 5.05. The molecule has 1 aliphatic heterocycles. The summed E-state index contributed by atoms with van der Waals surface area (Å²) >= 11 is 1.82. The number of methoxy groups -OCH3 is 1. The second-order valence-electron chi connectivity index (χ2n) is 5.91. The van der Waals surface area contributed by atoms with Gasteiger partial charge in [0, 0.05) is 57.3 Å². The van der Waals surface area contributed by atoms with E-state index in [0.717, 1.165) is 39.1 Å². The molecule has 5 nitrogen and oxygen atoms in total. The van der Waals surface area contributed by atoms with Crippen molar-refractivity contribution in [1.82, 2.24) is 14.8 Å². The predicted molar refractivity (Wildman–Crippen MR) is 84.4 cm³/mol. The second kappa shape index (κ2) is 7.87. The standard InChI is InChI=1S/C15H25N3O2S/c1-12(2)8-14-16-9-13(21-14)10-17-4-6-18(7-5-17)15(19)11-20-3/h9,12H,4-8,10-11H2,1-3H3. The van der Waals surface area contributed by atoms with Crippen LogP contribution in [0.15, 0.2) is 6.20 Å². The van der Waals surface area contributed by atoms with E-state index < -0.39 is 0 Å². The molecule has 1 saturated heterocycles. The van der Waals surface area contributed by atoms with E-state index in [4.69, 9.17) is 4.74 Å². The van der Waals surface area contributed by atoms with Gasteiger partial charge in [-0.1, -0.05) is 13.8 Å². The van der Waals surface area contributed by atoms with Crippen molar-refractivity contribution in [3.8, 4) is 0 Å². The fraction of sp³-hybridized carbons (Fsp3) is 0.733. The molecule has 1 aromatic heterocycles. The molecule has 2 rings (SSSR count). The Bertz CT molecular complexity index is 454. The zero-order valence-electron chi connectivity index (χ0n) is 13.2. The number of carbonyl (C=O) groups is 1. The first-order chi connectivity index (χ1) is 10.1. The van der Waals surface area contributed by atoms with Gasteiger partial charge in [-0.3, -0.25) is 9.69 Å². The molecule has 2 heterocycles. The predicted octanol–water partition coefficient (Wildman–Crippen LogP) is 1.63. The lowest BCUT2D eigenvalue weighted by atomic mass is 10.1. The summed E-state index contributed by atoms with van der Waals surface area (Å²) in [4.78, 5) is 21.8. The fourth-order valence-corrected chi connectivity index (χ4v) is 3.63. The van der Waals surface area contributed by atoms with Crippen molar-refractivity contribution in [2.45, 2.75) is 26.8 Å². The van der Waals surface area contributed by atoms with Crippen molar-refractivity contribution in [3.05, 3.63) is 16.1 Å². The van der Waals surface area contributed by atoms with Gasteiger partial charge in [0.2, 0.25) is 5.91 Å². The number of rotatable bonds is 6. The van der Waals surface area contributed by atoms with Crippen molar-refractivity contribution in [1.29, 1.82) is 0 Å². The zero-order chi connectivity index (χ0) is 15.2. The van der Waals surface area contributed by atoms with Crippen LogP contribution in [-0.4, -0.2) is 60.6 Å². The molecule has 0 radical (unpaired) electrons. The maximum atomic E-state index is 11.7. The maximum Gasteiger partial charge on any atom is 0.248 e. The Morgan fingerprint density at radius 1 is 1.38 bits per heavy atom. The first-order valence-corrected chi connectivity index (χ1v) is 8.32. The van der Waals surface area contributed by atoms with E-state index in [1.54, 1.807) is 7.11 Å². The van der Waals surface area contributed by atoms with Gasteiger partial charge in [-0.05, 0) is 5.92 Å². The molecule has 0 aromatic carbocycles. The number of aromatic nitrogens is 1. The summed E-state index contributed by atoms with van der Waals surface area (Å²) in [6.07, 6.45) is 3.06. The van der Waals surface area contributed by atoms with Crippen LogP contribution in [0, 0.1) is 5.92 Å². The first-order valence-electron chi connectivity index (χ1n) is 7.51. The van der Waals surface area contributed by atoms with Gasteiger partial charge in [0.05, 0.1) is 5.01 Å². The highest BCUT2D eigenvalue weighted by atomic mass is 32.1. The molecule has 0 unspecified atom stereocenters. The minimum atomic E-state index is 0.0918. The van der Waals surface area contributed by atoms with E-state index in [1.807, 2.05) is 22.4 Å². The number of hydrogen-bond donors (Lipinski definition) is 0. The number of ether oxygens (including phenoxy) is 1. The summed E-state index contributed by atoms with van der Waals surface area (Å²) in [5, 5.41) is 1.23. The zero-order valence-corrected chi connectivity index (χ0v) is 14.0. The molecule has 0 aliphatic carbocycles. The Labute approximate surface area is 130 Å². The summed E-state index contributed by atoms with van der Waals surface area (Å²) in [7, 11) is 1.56. The van der Waals surface area contributed by atoms with E-state index in [1.165, 1.54) is 9.88 Å². The highest BCUT2D eigenvalue weighted by Crippen LogP contribution is 2.19. The number of piperazine rings is 1. The molecule has 1 fully saturated rings. The van der Waals surface area contributed by atoms with Crippen molar-refractivity contribution in [2.75, 3.05) is 39.9 Å². The average molecular weight is 311 g/mol. The molecule has 1 aromatic rings. The summed E-state index contributed by atoms with van der Waals surface area (Å²) in [6.45, 7) is 9.00. The smallest absolute Gasteiger partial charge is 0.248 e. The van der Waals surface area contributed by atoms with Crippen LogP contribution in [-0.2, 0) is 22.5 Å². The van der Waals surface area contributed by atoms with Gasteiger partial charge in [0.25, 0.3) is 0 Å². The number of nitrogens with zero attached hydrogens (tertiary/aromatic N) is 3. The van der Waals surface area contributed by atoms with E-state index in [2.05, 4.69) is 23.7 Å². The molecule has 118 valence electrons. The molecule has 0 spiro atoms. The Balaban J connectivity index is 1.78. The molecular formula is C15H25N3O2S. The molecule has 21 heavy (non-hydrogen) atoms. The Morgan fingerprint density at radius 3 is 2.71 bits per heavy atom. The molecule has 0 atom stereocenters. The van der Waals surface area contributed by atoms with Gasteiger partial charge in [0.15, 0.2) is 0 Å². The molecular weight excluding hydrogens is 286 g/mol. The van der Waals surface area contributed by atoms with Crippen LogP contribution in [0.25, 0.3) is 0 Å². The van der Waals surface area contributed by atoms with Gasteiger partial charge in [-0.2, -0.15) is 0 Å². The average Bonchev–Trinajstić information content (AvgIpc) is 2.86.